The predicted molar refractivity (Wildman–Crippen MR) is 53.7 cm³/mol. The first-order valence-corrected chi connectivity index (χ1v) is 5.04. The SMILES string of the molecule is CC1=CCC2C(C)(C)C2(OC(N)=O)C1. The third-order valence-corrected chi connectivity index (χ3v) is 3.97. The lowest BCUT2D eigenvalue weighted by Crippen LogP contribution is -2.30. The second-order valence-electron chi connectivity index (χ2n) is 5.05. The van der Waals surface area contributed by atoms with Gasteiger partial charge in [0.15, 0.2) is 0 Å². The van der Waals surface area contributed by atoms with Crippen molar-refractivity contribution in [1.29, 1.82) is 0 Å². The topological polar surface area (TPSA) is 52.3 Å². The van der Waals surface area contributed by atoms with Crippen LogP contribution in [-0.4, -0.2) is 11.7 Å². The average molecular weight is 195 g/mol. The molecule has 0 aliphatic heterocycles. The average Bonchev–Trinajstić information content (AvgIpc) is 2.45. The molecule has 14 heavy (non-hydrogen) atoms. The molecule has 0 aromatic heterocycles. The Labute approximate surface area is 84.3 Å². The van der Waals surface area contributed by atoms with Crippen LogP contribution >= 0.6 is 0 Å². The van der Waals surface area contributed by atoms with Crippen molar-refractivity contribution < 1.29 is 9.53 Å². The molecule has 2 N–H and O–H groups in total. The van der Waals surface area contributed by atoms with Gasteiger partial charge in [-0.1, -0.05) is 25.5 Å². The number of primary amides is 1. The number of amides is 1. The highest BCUT2D eigenvalue weighted by molar-refractivity contribution is 5.66. The van der Waals surface area contributed by atoms with Crippen LogP contribution in [0.4, 0.5) is 4.79 Å². The summed E-state index contributed by atoms with van der Waals surface area (Å²) in [7, 11) is 0. The summed E-state index contributed by atoms with van der Waals surface area (Å²) >= 11 is 0. The normalized spacial score (nSPS) is 38.2. The molecule has 0 radical (unpaired) electrons. The van der Waals surface area contributed by atoms with E-state index in [0.29, 0.717) is 5.92 Å². The van der Waals surface area contributed by atoms with Crippen LogP contribution in [-0.2, 0) is 4.74 Å². The zero-order chi connectivity index (χ0) is 10.6. The van der Waals surface area contributed by atoms with Crippen molar-refractivity contribution in [2.45, 2.75) is 39.2 Å². The smallest absolute Gasteiger partial charge is 0.405 e. The molecule has 0 aromatic rings. The van der Waals surface area contributed by atoms with Crippen molar-refractivity contribution >= 4 is 6.09 Å². The fraction of sp³-hybridized carbons (Fsp3) is 0.727. The summed E-state index contributed by atoms with van der Waals surface area (Å²) in [6.07, 6.45) is 3.44. The third-order valence-electron chi connectivity index (χ3n) is 3.97. The Kier molecular flexibility index (Phi) is 1.72. The van der Waals surface area contributed by atoms with Gasteiger partial charge < -0.3 is 10.5 Å². The molecule has 3 nitrogen and oxygen atoms in total. The van der Waals surface area contributed by atoms with E-state index in [0.717, 1.165) is 12.8 Å². The molecule has 0 heterocycles. The second-order valence-corrected chi connectivity index (χ2v) is 5.05. The van der Waals surface area contributed by atoms with Crippen molar-refractivity contribution in [2.75, 3.05) is 0 Å². The minimum Gasteiger partial charge on any atom is -0.442 e. The number of hydrogen-bond donors (Lipinski definition) is 1. The first kappa shape index (κ1) is 9.56. The van der Waals surface area contributed by atoms with Crippen LogP contribution < -0.4 is 5.73 Å². The van der Waals surface area contributed by atoms with Crippen molar-refractivity contribution in [1.82, 2.24) is 0 Å². The summed E-state index contributed by atoms with van der Waals surface area (Å²) in [5, 5.41) is 0. The number of carbonyl (C=O) groups is 1. The van der Waals surface area contributed by atoms with Gasteiger partial charge in [-0.05, 0) is 13.3 Å². The quantitative estimate of drug-likeness (QED) is 0.652. The Balaban J connectivity index is 2.24. The van der Waals surface area contributed by atoms with E-state index in [2.05, 4.69) is 26.8 Å². The lowest BCUT2D eigenvalue weighted by atomic mass is 9.97. The number of nitrogens with two attached hydrogens (primary N) is 1. The number of rotatable bonds is 1. The molecule has 2 unspecified atom stereocenters. The van der Waals surface area contributed by atoms with Crippen molar-refractivity contribution in [3.05, 3.63) is 11.6 Å². The Morgan fingerprint density at radius 2 is 2.29 bits per heavy atom. The number of fused-ring (bicyclic) bond motifs is 1. The monoisotopic (exact) mass is 195 g/mol. The highest BCUT2D eigenvalue weighted by atomic mass is 16.6. The molecule has 1 saturated carbocycles. The number of allylic oxidation sites excluding steroid dienone is 1. The van der Waals surface area contributed by atoms with Crippen LogP contribution in [0.25, 0.3) is 0 Å². The van der Waals surface area contributed by atoms with Crippen molar-refractivity contribution in [2.24, 2.45) is 17.1 Å². The molecule has 1 fully saturated rings. The maximum Gasteiger partial charge on any atom is 0.405 e. The van der Waals surface area contributed by atoms with Crippen molar-refractivity contribution in [3.8, 4) is 0 Å². The fourth-order valence-corrected chi connectivity index (χ4v) is 2.98. The summed E-state index contributed by atoms with van der Waals surface area (Å²) in [6, 6.07) is 0. The van der Waals surface area contributed by atoms with E-state index in [1.165, 1.54) is 5.57 Å². The molecule has 0 bridgehead atoms. The van der Waals surface area contributed by atoms with E-state index in [-0.39, 0.29) is 11.0 Å². The van der Waals surface area contributed by atoms with E-state index < -0.39 is 6.09 Å². The van der Waals surface area contributed by atoms with Gasteiger partial charge in [0, 0.05) is 17.8 Å². The number of ether oxygens (including phenoxy) is 1. The van der Waals surface area contributed by atoms with E-state index in [1.54, 1.807) is 0 Å². The number of hydrogen-bond acceptors (Lipinski definition) is 2. The zero-order valence-electron chi connectivity index (χ0n) is 8.96. The lowest BCUT2D eigenvalue weighted by molar-refractivity contribution is 0.0591. The molecule has 0 saturated heterocycles. The summed E-state index contributed by atoms with van der Waals surface area (Å²) in [5.74, 6) is 0.450. The van der Waals surface area contributed by atoms with E-state index in [1.807, 2.05) is 0 Å². The Morgan fingerprint density at radius 3 is 2.86 bits per heavy atom. The summed E-state index contributed by atoms with van der Waals surface area (Å²) in [4.78, 5) is 10.9. The highest BCUT2D eigenvalue weighted by Crippen LogP contribution is 2.69. The van der Waals surface area contributed by atoms with Gasteiger partial charge in [0.25, 0.3) is 0 Å². The van der Waals surface area contributed by atoms with Crippen LogP contribution in [0.1, 0.15) is 33.6 Å². The molecule has 2 atom stereocenters. The molecule has 3 heteroatoms. The van der Waals surface area contributed by atoms with Gasteiger partial charge in [0.2, 0.25) is 0 Å². The highest BCUT2D eigenvalue weighted by Gasteiger charge is 2.74. The zero-order valence-corrected chi connectivity index (χ0v) is 8.96. The van der Waals surface area contributed by atoms with Gasteiger partial charge in [-0.2, -0.15) is 0 Å². The molecule has 2 aliphatic rings. The molecule has 2 aliphatic carbocycles. The van der Waals surface area contributed by atoms with Gasteiger partial charge in [0.1, 0.15) is 5.60 Å². The van der Waals surface area contributed by atoms with Crippen LogP contribution in [0.3, 0.4) is 0 Å². The van der Waals surface area contributed by atoms with Crippen LogP contribution in [0, 0.1) is 11.3 Å². The van der Waals surface area contributed by atoms with Gasteiger partial charge in [-0.15, -0.1) is 0 Å². The fourth-order valence-electron chi connectivity index (χ4n) is 2.98. The molecule has 0 aromatic carbocycles. The van der Waals surface area contributed by atoms with E-state index >= 15 is 0 Å². The summed E-state index contributed by atoms with van der Waals surface area (Å²) in [6.45, 7) is 6.37. The first-order chi connectivity index (χ1) is 6.40. The van der Waals surface area contributed by atoms with E-state index in [4.69, 9.17) is 10.5 Å². The van der Waals surface area contributed by atoms with Gasteiger partial charge >= 0.3 is 6.09 Å². The molecular formula is C11H17NO2. The largest absolute Gasteiger partial charge is 0.442 e. The third kappa shape index (κ3) is 1.01. The molecule has 1 amide bonds. The van der Waals surface area contributed by atoms with Gasteiger partial charge in [-0.25, -0.2) is 4.79 Å². The van der Waals surface area contributed by atoms with E-state index in [9.17, 15) is 4.79 Å². The number of carbonyl (C=O) groups excluding carboxylic acids is 1. The standard InChI is InChI=1S/C11H17NO2/c1-7-4-5-8-10(2,3)11(8,6-7)14-9(12)13/h4,8H,5-6H2,1-3H3,(H2,12,13). The Hall–Kier alpha value is -0.990. The first-order valence-electron chi connectivity index (χ1n) is 5.04. The maximum absolute atomic E-state index is 10.9. The molecule has 78 valence electrons. The Morgan fingerprint density at radius 1 is 1.64 bits per heavy atom. The van der Waals surface area contributed by atoms with Gasteiger partial charge in [0.05, 0.1) is 0 Å². The van der Waals surface area contributed by atoms with Crippen molar-refractivity contribution in [3.63, 3.8) is 0 Å². The minimum atomic E-state index is -0.643. The lowest BCUT2D eigenvalue weighted by Gasteiger charge is -2.22. The Bertz CT molecular complexity index is 319. The summed E-state index contributed by atoms with van der Waals surface area (Å²) in [5.41, 5.74) is 6.19. The second kappa shape index (κ2) is 2.53. The minimum absolute atomic E-state index is 0.0797. The van der Waals surface area contributed by atoms with Gasteiger partial charge in [-0.3, -0.25) is 0 Å². The van der Waals surface area contributed by atoms with Crippen LogP contribution in [0.15, 0.2) is 11.6 Å². The maximum atomic E-state index is 10.9. The predicted octanol–water partition coefficient (Wildman–Crippen LogP) is 2.22. The molecule has 2 rings (SSSR count). The molecular weight excluding hydrogens is 178 g/mol. The molecule has 0 spiro atoms. The van der Waals surface area contributed by atoms with Crippen LogP contribution in [0.2, 0.25) is 0 Å². The van der Waals surface area contributed by atoms with Crippen LogP contribution in [0.5, 0.6) is 0 Å². The summed E-state index contributed by atoms with van der Waals surface area (Å²) < 4.78 is 5.34.